The van der Waals surface area contributed by atoms with Crippen LogP contribution in [0.2, 0.25) is 0 Å². The second-order valence-electron chi connectivity index (χ2n) is 4.95. The van der Waals surface area contributed by atoms with Gasteiger partial charge in [-0.15, -0.1) is 11.8 Å². The lowest BCUT2D eigenvalue weighted by Gasteiger charge is -2.04. The summed E-state index contributed by atoms with van der Waals surface area (Å²) in [6.07, 6.45) is 3.57. The molecule has 0 radical (unpaired) electrons. The number of hydrogen-bond acceptors (Lipinski definition) is 7. The molecule has 3 aromatic rings. The highest BCUT2D eigenvalue weighted by atomic mass is 32.2. The molecular weight excluding hydrogens is 356 g/mol. The number of rotatable bonds is 7. The van der Waals surface area contributed by atoms with Crippen molar-refractivity contribution in [1.29, 1.82) is 0 Å². The van der Waals surface area contributed by atoms with Gasteiger partial charge in [-0.1, -0.05) is 29.5 Å². The predicted molar refractivity (Wildman–Crippen MR) is 100 cm³/mol. The van der Waals surface area contributed by atoms with Crippen LogP contribution in [0.15, 0.2) is 59.1 Å². The molecule has 2 N–H and O–H groups in total. The molecule has 0 atom stereocenters. The largest absolute Gasteiger partial charge is 0.316 e. The Kier molecular flexibility index (Phi) is 5.99. The molecular formula is C17H16N4O2S2. The molecule has 0 unspecified atom stereocenters. The van der Waals surface area contributed by atoms with Crippen LogP contribution in [0.1, 0.15) is 15.9 Å². The van der Waals surface area contributed by atoms with Crippen molar-refractivity contribution < 1.29 is 9.63 Å². The number of carbonyl (C=O) groups excluding carboxylic acids is 1. The number of hydroxylamine groups is 1. The van der Waals surface area contributed by atoms with Gasteiger partial charge in [-0.05, 0) is 29.8 Å². The van der Waals surface area contributed by atoms with Gasteiger partial charge in [0.25, 0.3) is 5.91 Å². The van der Waals surface area contributed by atoms with E-state index in [0.29, 0.717) is 5.56 Å². The summed E-state index contributed by atoms with van der Waals surface area (Å²) in [5.74, 6) is 1.26. The van der Waals surface area contributed by atoms with E-state index in [4.69, 9.17) is 0 Å². The first-order chi connectivity index (χ1) is 12.2. The molecule has 8 heteroatoms. The van der Waals surface area contributed by atoms with E-state index in [-0.39, 0.29) is 5.91 Å². The van der Waals surface area contributed by atoms with Crippen LogP contribution in [0.5, 0.6) is 0 Å². The second kappa shape index (κ2) is 8.61. The van der Waals surface area contributed by atoms with Crippen molar-refractivity contribution in [3.63, 3.8) is 0 Å². The Morgan fingerprint density at radius 3 is 2.96 bits per heavy atom. The molecule has 0 aliphatic carbocycles. The molecule has 1 amide bonds. The molecule has 128 valence electrons. The standard InChI is InChI=1S/C17H16N4O2S2/c1-23-21-16(22)13-6-4-5-12(9-13)11-24-15-10-19-17(25-15)20-14-7-2-3-8-18-14/h2-10H,11H2,1H3,(H,21,22)(H,18,19,20). The van der Waals surface area contributed by atoms with Crippen LogP contribution in [0, 0.1) is 0 Å². The molecule has 0 aliphatic rings. The Hall–Kier alpha value is -2.42. The maximum atomic E-state index is 11.8. The van der Waals surface area contributed by atoms with Gasteiger partial charge in [0.15, 0.2) is 5.13 Å². The summed E-state index contributed by atoms with van der Waals surface area (Å²) in [5.41, 5.74) is 3.95. The third kappa shape index (κ3) is 5.02. The smallest absolute Gasteiger partial charge is 0.274 e. The topological polar surface area (TPSA) is 76.1 Å². The second-order valence-corrected chi connectivity index (χ2v) is 7.26. The molecule has 0 bridgehead atoms. The lowest BCUT2D eigenvalue weighted by Crippen LogP contribution is -2.21. The average molecular weight is 372 g/mol. The van der Waals surface area contributed by atoms with Crippen LogP contribution in [-0.2, 0) is 10.6 Å². The number of aromatic nitrogens is 2. The van der Waals surface area contributed by atoms with E-state index in [1.807, 2.05) is 42.6 Å². The number of pyridine rings is 1. The molecule has 2 heterocycles. The van der Waals surface area contributed by atoms with Gasteiger partial charge >= 0.3 is 0 Å². The normalized spacial score (nSPS) is 10.4. The maximum absolute atomic E-state index is 11.8. The number of thioether (sulfide) groups is 1. The zero-order valence-electron chi connectivity index (χ0n) is 13.4. The average Bonchev–Trinajstić information content (AvgIpc) is 3.09. The van der Waals surface area contributed by atoms with Crippen molar-refractivity contribution in [3.8, 4) is 0 Å². The third-order valence-corrected chi connectivity index (χ3v) is 5.33. The van der Waals surface area contributed by atoms with Crippen molar-refractivity contribution >= 4 is 40.0 Å². The number of amides is 1. The van der Waals surface area contributed by atoms with Crippen molar-refractivity contribution in [2.45, 2.75) is 9.96 Å². The highest BCUT2D eigenvalue weighted by Gasteiger charge is 2.07. The molecule has 3 rings (SSSR count). The predicted octanol–water partition coefficient (Wildman–Crippen LogP) is 3.87. The highest BCUT2D eigenvalue weighted by Crippen LogP contribution is 2.31. The molecule has 25 heavy (non-hydrogen) atoms. The number of thiazole rings is 1. The quantitative estimate of drug-likeness (QED) is 0.484. The van der Waals surface area contributed by atoms with Crippen LogP contribution in [0.3, 0.4) is 0 Å². The van der Waals surface area contributed by atoms with Crippen molar-refractivity contribution in [2.75, 3.05) is 12.4 Å². The molecule has 1 aromatic carbocycles. The summed E-state index contributed by atoms with van der Waals surface area (Å²) >= 11 is 3.24. The fourth-order valence-electron chi connectivity index (χ4n) is 2.04. The summed E-state index contributed by atoms with van der Waals surface area (Å²) < 4.78 is 1.09. The van der Waals surface area contributed by atoms with Gasteiger partial charge < -0.3 is 5.32 Å². The molecule has 0 fully saturated rings. The van der Waals surface area contributed by atoms with Gasteiger partial charge in [-0.3, -0.25) is 9.63 Å². The summed E-state index contributed by atoms with van der Waals surface area (Å²) in [5, 5.41) is 3.98. The van der Waals surface area contributed by atoms with Crippen molar-refractivity contribution in [3.05, 3.63) is 66.0 Å². The first-order valence-corrected chi connectivity index (χ1v) is 9.24. The highest BCUT2D eigenvalue weighted by molar-refractivity contribution is 8.00. The zero-order chi connectivity index (χ0) is 17.5. The number of anilines is 2. The number of nitrogens with zero attached hydrogens (tertiary/aromatic N) is 2. The minimum Gasteiger partial charge on any atom is -0.316 e. The Labute approximate surface area is 153 Å². The lowest BCUT2D eigenvalue weighted by atomic mass is 10.1. The van der Waals surface area contributed by atoms with Crippen molar-refractivity contribution in [2.24, 2.45) is 0 Å². The Morgan fingerprint density at radius 2 is 2.16 bits per heavy atom. The molecule has 2 aromatic heterocycles. The van der Waals surface area contributed by atoms with E-state index >= 15 is 0 Å². The summed E-state index contributed by atoms with van der Waals surface area (Å²) in [6.45, 7) is 0. The minimum absolute atomic E-state index is 0.256. The van der Waals surface area contributed by atoms with E-state index in [1.54, 1.807) is 35.4 Å². The van der Waals surface area contributed by atoms with Gasteiger partial charge in [-0.25, -0.2) is 15.4 Å². The Bertz CT molecular complexity index is 839. The van der Waals surface area contributed by atoms with Gasteiger partial charge in [0.2, 0.25) is 0 Å². The number of hydrogen-bond donors (Lipinski definition) is 2. The van der Waals surface area contributed by atoms with Crippen LogP contribution in [0.25, 0.3) is 0 Å². The van der Waals surface area contributed by atoms with E-state index in [9.17, 15) is 4.79 Å². The Balaban J connectivity index is 1.59. The Morgan fingerprint density at radius 1 is 1.24 bits per heavy atom. The van der Waals surface area contributed by atoms with E-state index in [2.05, 4.69) is 25.6 Å². The summed E-state index contributed by atoms with van der Waals surface area (Å²) in [7, 11) is 1.41. The molecule has 6 nitrogen and oxygen atoms in total. The number of carbonyl (C=O) groups is 1. The van der Waals surface area contributed by atoms with Crippen LogP contribution in [-0.4, -0.2) is 23.0 Å². The summed E-state index contributed by atoms with van der Waals surface area (Å²) in [4.78, 5) is 25.0. The SMILES string of the molecule is CONC(=O)c1cccc(CSc2cnc(Nc3ccccn3)s2)c1. The van der Waals surface area contributed by atoms with Crippen molar-refractivity contribution in [1.82, 2.24) is 15.4 Å². The van der Waals surface area contributed by atoms with E-state index in [0.717, 1.165) is 26.5 Å². The molecule has 0 spiro atoms. The fourth-order valence-corrected chi connectivity index (χ4v) is 3.86. The zero-order valence-corrected chi connectivity index (χ0v) is 15.1. The van der Waals surface area contributed by atoms with Crippen LogP contribution < -0.4 is 10.8 Å². The first-order valence-electron chi connectivity index (χ1n) is 7.43. The van der Waals surface area contributed by atoms with Gasteiger partial charge in [0, 0.05) is 17.5 Å². The molecule has 0 saturated carbocycles. The van der Waals surface area contributed by atoms with Gasteiger partial charge in [0.05, 0.1) is 17.5 Å². The van der Waals surface area contributed by atoms with Gasteiger partial charge in [-0.2, -0.15) is 0 Å². The van der Waals surface area contributed by atoms with E-state index < -0.39 is 0 Å². The lowest BCUT2D eigenvalue weighted by molar-refractivity contribution is 0.0537. The monoisotopic (exact) mass is 372 g/mol. The fraction of sp³-hybridized carbons (Fsp3) is 0.118. The van der Waals surface area contributed by atoms with Gasteiger partial charge in [0.1, 0.15) is 5.82 Å². The maximum Gasteiger partial charge on any atom is 0.274 e. The number of benzene rings is 1. The van der Waals surface area contributed by atoms with Crippen LogP contribution >= 0.6 is 23.1 Å². The number of nitrogens with one attached hydrogen (secondary N) is 2. The minimum atomic E-state index is -0.256. The van der Waals surface area contributed by atoms with Crippen LogP contribution in [0.4, 0.5) is 10.9 Å². The molecule has 0 aliphatic heterocycles. The first kappa shape index (κ1) is 17.4. The molecule has 0 saturated heterocycles. The third-order valence-electron chi connectivity index (χ3n) is 3.15. The van der Waals surface area contributed by atoms with E-state index in [1.165, 1.54) is 7.11 Å². The summed E-state index contributed by atoms with van der Waals surface area (Å²) in [6, 6.07) is 13.1.